The molecule has 0 spiro atoms. The molecule has 2 heterocycles. The Hall–Kier alpha value is -1.39. The highest BCUT2D eigenvalue weighted by Gasteiger charge is 2.15. The maximum absolute atomic E-state index is 6.27. The smallest absolute Gasteiger partial charge is 0.128 e. The van der Waals surface area contributed by atoms with Gasteiger partial charge in [-0.3, -0.25) is 4.98 Å². The van der Waals surface area contributed by atoms with E-state index in [0.717, 1.165) is 27.9 Å². The maximum atomic E-state index is 6.27. The molecule has 0 fully saturated rings. The lowest BCUT2D eigenvalue weighted by Crippen LogP contribution is -2.06. The van der Waals surface area contributed by atoms with Crippen molar-refractivity contribution in [3.8, 4) is 0 Å². The Morgan fingerprint density at radius 3 is 2.85 bits per heavy atom. The van der Waals surface area contributed by atoms with Crippen LogP contribution in [0, 0.1) is 0 Å². The molecule has 0 aliphatic rings. The SMILES string of the molecule is CC(Cl)c1nc2cnccc2n1Cc1ccccc1Br. The van der Waals surface area contributed by atoms with Gasteiger partial charge < -0.3 is 4.57 Å². The number of fused-ring (bicyclic) bond motifs is 1. The van der Waals surface area contributed by atoms with Crippen molar-refractivity contribution in [3.63, 3.8) is 0 Å². The van der Waals surface area contributed by atoms with Crippen molar-refractivity contribution in [1.82, 2.24) is 14.5 Å². The van der Waals surface area contributed by atoms with Gasteiger partial charge in [-0.15, -0.1) is 11.6 Å². The number of hydrogen-bond donors (Lipinski definition) is 0. The van der Waals surface area contributed by atoms with Gasteiger partial charge in [0, 0.05) is 10.7 Å². The third-order valence-electron chi connectivity index (χ3n) is 3.22. The molecule has 20 heavy (non-hydrogen) atoms. The largest absolute Gasteiger partial charge is 0.322 e. The van der Waals surface area contributed by atoms with E-state index >= 15 is 0 Å². The first-order valence-electron chi connectivity index (χ1n) is 6.34. The summed E-state index contributed by atoms with van der Waals surface area (Å²) in [5, 5.41) is -0.148. The Balaban J connectivity index is 2.14. The predicted molar refractivity (Wildman–Crippen MR) is 85.0 cm³/mol. The van der Waals surface area contributed by atoms with Crippen LogP contribution in [0.1, 0.15) is 23.7 Å². The molecule has 0 aliphatic carbocycles. The molecule has 0 N–H and O–H groups in total. The van der Waals surface area contributed by atoms with Gasteiger partial charge in [0.05, 0.1) is 23.6 Å². The monoisotopic (exact) mass is 349 g/mol. The molecule has 0 bridgehead atoms. The predicted octanol–water partition coefficient (Wildman–Crippen LogP) is 4.54. The van der Waals surface area contributed by atoms with E-state index in [2.05, 4.69) is 36.5 Å². The fourth-order valence-corrected chi connectivity index (χ4v) is 2.84. The minimum absolute atomic E-state index is 0.148. The van der Waals surface area contributed by atoms with Gasteiger partial charge in [0.2, 0.25) is 0 Å². The molecular formula is C15H13BrClN3. The van der Waals surface area contributed by atoms with Crippen LogP contribution in [0.25, 0.3) is 11.0 Å². The van der Waals surface area contributed by atoms with Crippen LogP contribution in [0.5, 0.6) is 0 Å². The second-order valence-electron chi connectivity index (χ2n) is 4.63. The molecule has 0 amide bonds. The summed E-state index contributed by atoms with van der Waals surface area (Å²) in [4.78, 5) is 8.71. The van der Waals surface area contributed by atoms with Gasteiger partial charge >= 0.3 is 0 Å². The zero-order chi connectivity index (χ0) is 14.1. The Morgan fingerprint density at radius 2 is 2.10 bits per heavy atom. The molecule has 0 radical (unpaired) electrons. The van der Waals surface area contributed by atoms with Crippen LogP contribution in [0.2, 0.25) is 0 Å². The van der Waals surface area contributed by atoms with Crippen molar-refractivity contribution >= 4 is 38.6 Å². The summed E-state index contributed by atoms with van der Waals surface area (Å²) in [5.41, 5.74) is 3.13. The summed E-state index contributed by atoms with van der Waals surface area (Å²) in [5.74, 6) is 0.866. The van der Waals surface area contributed by atoms with E-state index in [-0.39, 0.29) is 5.38 Å². The van der Waals surface area contributed by atoms with Crippen LogP contribution in [0.3, 0.4) is 0 Å². The van der Waals surface area contributed by atoms with Crippen molar-refractivity contribution in [1.29, 1.82) is 0 Å². The molecular weight excluding hydrogens is 338 g/mol. The van der Waals surface area contributed by atoms with Gasteiger partial charge in [-0.1, -0.05) is 34.1 Å². The number of benzene rings is 1. The van der Waals surface area contributed by atoms with Crippen molar-refractivity contribution in [3.05, 3.63) is 58.6 Å². The van der Waals surface area contributed by atoms with E-state index < -0.39 is 0 Å². The molecule has 5 heteroatoms. The van der Waals surface area contributed by atoms with Crippen molar-refractivity contribution in [2.75, 3.05) is 0 Å². The topological polar surface area (TPSA) is 30.7 Å². The lowest BCUT2D eigenvalue weighted by atomic mass is 10.2. The summed E-state index contributed by atoms with van der Waals surface area (Å²) >= 11 is 9.86. The fourth-order valence-electron chi connectivity index (χ4n) is 2.27. The highest BCUT2D eigenvalue weighted by molar-refractivity contribution is 9.10. The van der Waals surface area contributed by atoms with Crippen molar-refractivity contribution in [2.24, 2.45) is 0 Å². The minimum Gasteiger partial charge on any atom is -0.322 e. The molecule has 3 nitrogen and oxygen atoms in total. The van der Waals surface area contributed by atoms with Gasteiger partial charge in [-0.2, -0.15) is 0 Å². The number of pyridine rings is 1. The van der Waals surface area contributed by atoms with Gasteiger partial charge in [-0.05, 0) is 24.6 Å². The zero-order valence-corrected chi connectivity index (χ0v) is 13.3. The number of hydrogen-bond acceptors (Lipinski definition) is 2. The second-order valence-corrected chi connectivity index (χ2v) is 6.14. The lowest BCUT2D eigenvalue weighted by molar-refractivity contribution is 0.740. The number of aromatic nitrogens is 3. The average molecular weight is 351 g/mol. The highest BCUT2D eigenvalue weighted by Crippen LogP contribution is 2.26. The molecule has 0 aliphatic heterocycles. The van der Waals surface area contributed by atoms with Gasteiger partial charge in [0.1, 0.15) is 11.3 Å². The van der Waals surface area contributed by atoms with Gasteiger partial charge in [-0.25, -0.2) is 4.98 Å². The first kappa shape index (κ1) is 13.6. The Bertz CT molecular complexity index is 752. The van der Waals surface area contributed by atoms with Gasteiger partial charge in [0.25, 0.3) is 0 Å². The van der Waals surface area contributed by atoms with Crippen molar-refractivity contribution in [2.45, 2.75) is 18.8 Å². The van der Waals surface area contributed by atoms with E-state index in [1.807, 2.05) is 31.2 Å². The Labute approximate surface area is 130 Å². The van der Waals surface area contributed by atoms with E-state index in [0.29, 0.717) is 0 Å². The summed E-state index contributed by atoms with van der Waals surface area (Å²) < 4.78 is 3.23. The molecule has 2 aromatic heterocycles. The number of nitrogens with zero attached hydrogens (tertiary/aromatic N) is 3. The van der Waals surface area contributed by atoms with Gasteiger partial charge in [0.15, 0.2) is 0 Å². The summed E-state index contributed by atoms with van der Waals surface area (Å²) in [6.07, 6.45) is 3.55. The minimum atomic E-state index is -0.148. The quantitative estimate of drug-likeness (QED) is 0.649. The third kappa shape index (κ3) is 2.45. The second kappa shape index (κ2) is 5.54. The normalized spacial score (nSPS) is 12.8. The standard InChI is InChI=1S/C15H13BrClN3/c1-10(17)15-19-13-8-18-7-6-14(13)20(15)9-11-4-2-3-5-12(11)16/h2-8,10H,9H2,1H3. The molecule has 1 atom stereocenters. The first-order valence-corrected chi connectivity index (χ1v) is 7.57. The van der Waals surface area contributed by atoms with E-state index in [1.165, 1.54) is 5.56 Å². The van der Waals surface area contributed by atoms with E-state index in [1.54, 1.807) is 12.4 Å². The van der Waals surface area contributed by atoms with E-state index in [9.17, 15) is 0 Å². The molecule has 102 valence electrons. The molecule has 0 saturated carbocycles. The Kier molecular flexibility index (Phi) is 3.76. The number of halogens is 2. The molecule has 1 aromatic carbocycles. The highest BCUT2D eigenvalue weighted by atomic mass is 79.9. The molecule has 1 unspecified atom stereocenters. The average Bonchev–Trinajstić information content (AvgIpc) is 2.81. The first-order chi connectivity index (χ1) is 9.66. The maximum Gasteiger partial charge on any atom is 0.128 e. The molecule has 3 aromatic rings. The summed E-state index contributed by atoms with van der Waals surface area (Å²) in [7, 11) is 0. The molecule has 0 saturated heterocycles. The van der Waals surface area contributed by atoms with Crippen LogP contribution in [-0.4, -0.2) is 14.5 Å². The van der Waals surface area contributed by atoms with Crippen LogP contribution < -0.4 is 0 Å². The Morgan fingerprint density at radius 1 is 1.30 bits per heavy atom. The summed E-state index contributed by atoms with van der Waals surface area (Å²) in [6.45, 7) is 2.67. The van der Waals surface area contributed by atoms with Crippen LogP contribution >= 0.6 is 27.5 Å². The zero-order valence-electron chi connectivity index (χ0n) is 10.9. The van der Waals surface area contributed by atoms with Crippen molar-refractivity contribution < 1.29 is 0 Å². The number of rotatable bonds is 3. The lowest BCUT2D eigenvalue weighted by Gasteiger charge is -2.11. The van der Waals surface area contributed by atoms with Crippen LogP contribution in [0.4, 0.5) is 0 Å². The fraction of sp³-hybridized carbons (Fsp3) is 0.200. The third-order valence-corrected chi connectivity index (χ3v) is 4.19. The summed E-state index contributed by atoms with van der Waals surface area (Å²) in [6, 6.07) is 10.2. The number of alkyl halides is 1. The number of imidazole rings is 1. The van der Waals surface area contributed by atoms with E-state index in [4.69, 9.17) is 11.6 Å². The van der Waals surface area contributed by atoms with Crippen LogP contribution in [0.15, 0.2) is 47.2 Å². The molecule has 3 rings (SSSR count). The van der Waals surface area contributed by atoms with Crippen LogP contribution in [-0.2, 0) is 6.54 Å².